The highest BCUT2D eigenvalue weighted by Crippen LogP contribution is 2.42. The summed E-state index contributed by atoms with van der Waals surface area (Å²) in [6.07, 6.45) is 6.20. The van der Waals surface area contributed by atoms with Gasteiger partial charge in [-0.15, -0.1) is 0 Å². The number of carbonyl (C=O) groups excluding carboxylic acids is 1. The second-order valence-electron chi connectivity index (χ2n) is 6.62. The Bertz CT molecular complexity index is 317. The van der Waals surface area contributed by atoms with Crippen molar-refractivity contribution >= 4 is 17.5 Å². The van der Waals surface area contributed by atoms with Crippen molar-refractivity contribution in [3.63, 3.8) is 0 Å². The molecule has 18 heavy (non-hydrogen) atoms. The first kappa shape index (κ1) is 15.8. The smallest absolute Gasteiger partial charge is 0.138 e. The quantitative estimate of drug-likeness (QED) is 0.671. The lowest BCUT2D eigenvalue weighted by Crippen LogP contribution is -2.38. The minimum absolute atomic E-state index is 0.119. The van der Waals surface area contributed by atoms with Crippen molar-refractivity contribution in [3.05, 3.63) is 12.2 Å². The predicted molar refractivity (Wildman–Crippen MR) is 82.0 cm³/mol. The van der Waals surface area contributed by atoms with E-state index < -0.39 is 0 Å². The lowest BCUT2D eigenvalue weighted by atomic mass is 9.65. The number of hydrogen-bond acceptors (Lipinski definition) is 2. The van der Waals surface area contributed by atoms with Gasteiger partial charge in [0.05, 0.1) is 0 Å². The number of allylic oxidation sites excluding steroid dienone is 2. The number of thioether (sulfide) groups is 1. The van der Waals surface area contributed by atoms with Crippen LogP contribution < -0.4 is 0 Å². The molecule has 1 rings (SSSR count). The first-order chi connectivity index (χ1) is 8.24. The van der Waals surface area contributed by atoms with Crippen LogP contribution >= 0.6 is 11.8 Å². The van der Waals surface area contributed by atoms with Crippen LogP contribution in [0.25, 0.3) is 0 Å². The van der Waals surface area contributed by atoms with Crippen molar-refractivity contribution < 1.29 is 4.79 Å². The van der Waals surface area contributed by atoms with Crippen molar-refractivity contribution in [1.29, 1.82) is 0 Å². The third-order valence-corrected chi connectivity index (χ3v) is 4.97. The van der Waals surface area contributed by atoms with Crippen LogP contribution in [0.1, 0.15) is 54.4 Å². The molecule has 0 saturated heterocycles. The molecule has 0 N–H and O–H groups in total. The molecule has 0 heterocycles. The molecule has 1 aliphatic rings. The average molecular weight is 268 g/mol. The zero-order valence-electron chi connectivity index (χ0n) is 12.7. The topological polar surface area (TPSA) is 17.1 Å². The fourth-order valence-corrected chi connectivity index (χ4v) is 4.38. The molecule has 0 aromatic rings. The number of ketones is 1. The molecule has 104 valence electrons. The molecule has 0 radical (unpaired) electrons. The number of rotatable bonds is 5. The number of carbonyl (C=O) groups is 1. The largest absolute Gasteiger partial charge is 0.299 e. The summed E-state index contributed by atoms with van der Waals surface area (Å²) >= 11 is 1.91. The Balaban J connectivity index is 2.67. The van der Waals surface area contributed by atoms with Crippen molar-refractivity contribution in [2.45, 2.75) is 64.9 Å². The van der Waals surface area contributed by atoms with E-state index in [4.69, 9.17) is 0 Å². The highest BCUT2D eigenvalue weighted by atomic mass is 32.2. The van der Waals surface area contributed by atoms with E-state index in [9.17, 15) is 4.79 Å². The lowest BCUT2D eigenvalue weighted by molar-refractivity contribution is -0.128. The molecular formula is C16H28OS. The normalized spacial score (nSPS) is 28.4. The first-order valence-corrected chi connectivity index (χ1v) is 8.03. The Kier molecular flexibility index (Phi) is 5.51. The van der Waals surface area contributed by atoms with E-state index in [1.807, 2.05) is 11.8 Å². The summed E-state index contributed by atoms with van der Waals surface area (Å²) in [5.74, 6) is 1.03. The molecule has 0 aromatic heterocycles. The Morgan fingerprint density at radius 1 is 1.39 bits per heavy atom. The molecule has 0 bridgehead atoms. The summed E-state index contributed by atoms with van der Waals surface area (Å²) in [5, 5.41) is 1.04. The SMILES string of the molecule is CC(C)SC(C)CC(=O)[C@H]1[C@H](C)C=CCC1(C)C. The molecule has 0 aliphatic heterocycles. The second-order valence-corrected chi connectivity index (χ2v) is 8.64. The van der Waals surface area contributed by atoms with Crippen molar-refractivity contribution in [2.24, 2.45) is 17.3 Å². The van der Waals surface area contributed by atoms with E-state index in [0.717, 1.165) is 12.8 Å². The zero-order valence-corrected chi connectivity index (χ0v) is 13.5. The molecule has 2 heteroatoms. The van der Waals surface area contributed by atoms with Crippen molar-refractivity contribution in [1.82, 2.24) is 0 Å². The lowest BCUT2D eigenvalue weighted by Gasteiger charge is -2.39. The summed E-state index contributed by atoms with van der Waals surface area (Å²) in [6, 6.07) is 0. The molecule has 0 spiro atoms. The van der Waals surface area contributed by atoms with Crippen molar-refractivity contribution in [3.8, 4) is 0 Å². The highest BCUT2D eigenvalue weighted by Gasteiger charge is 2.39. The van der Waals surface area contributed by atoms with Crippen LogP contribution in [0.15, 0.2) is 12.2 Å². The van der Waals surface area contributed by atoms with Crippen LogP contribution in [0, 0.1) is 17.3 Å². The maximum Gasteiger partial charge on any atom is 0.138 e. The van der Waals surface area contributed by atoms with Crippen molar-refractivity contribution in [2.75, 3.05) is 0 Å². The van der Waals surface area contributed by atoms with Gasteiger partial charge in [-0.2, -0.15) is 11.8 Å². The third kappa shape index (κ3) is 4.15. The summed E-state index contributed by atoms with van der Waals surface area (Å²) in [7, 11) is 0. The molecule has 1 unspecified atom stereocenters. The summed E-state index contributed by atoms with van der Waals surface area (Å²) in [4.78, 5) is 12.6. The van der Waals surface area contributed by atoms with E-state index in [2.05, 4.69) is 53.7 Å². The van der Waals surface area contributed by atoms with Crippen LogP contribution in [0.4, 0.5) is 0 Å². The van der Waals surface area contributed by atoms with Gasteiger partial charge in [-0.25, -0.2) is 0 Å². The van der Waals surface area contributed by atoms with Crippen LogP contribution in [-0.4, -0.2) is 16.3 Å². The molecule has 0 amide bonds. The molecule has 0 aromatic carbocycles. The van der Waals surface area contributed by atoms with Crippen LogP contribution in [0.5, 0.6) is 0 Å². The van der Waals surface area contributed by atoms with E-state index in [1.165, 1.54) is 0 Å². The zero-order chi connectivity index (χ0) is 13.9. The minimum atomic E-state index is 0.119. The molecule has 1 nitrogen and oxygen atoms in total. The van der Waals surface area contributed by atoms with Crippen LogP contribution in [0.2, 0.25) is 0 Å². The standard InChI is InChI=1S/C16H28OS/c1-11(2)18-13(4)10-14(17)15-12(3)8-7-9-16(15,5)6/h7-8,11-13,15H,9-10H2,1-6H3/t12-,13?,15-/m1/s1. The Hall–Kier alpha value is -0.240. The summed E-state index contributed by atoms with van der Waals surface area (Å²) < 4.78 is 0. The van der Waals surface area contributed by atoms with Gasteiger partial charge < -0.3 is 0 Å². The Morgan fingerprint density at radius 2 is 2.00 bits per heavy atom. The van der Waals surface area contributed by atoms with Gasteiger partial charge in [0.25, 0.3) is 0 Å². The fraction of sp³-hybridized carbons (Fsp3) is 0.812. The van der Waals surface area contributed by atoms with Gasteiger partial charge >= 0.3 is 0 Å². The average Bonchev–Trinajstić information content (AvgIpc) is 2.13. The highest BCUT2D eigenvalue weighted by molar-refractivity contribution is 8.00. The molecule has 1 aliphatic carbocycles. The van der Waals surface area contributed by atoms with E-state index in [-0.39, 0.29) is 11.3 Å². The minimum Gasteiger partial charge on any atom is -0.299 e. The molecular weight excluding hydrogens is 240 g/mol. The third-order valence-electron chi connectivity index (χ3n) is 3.79. The molecule has 0 saturated carbocycles. The van der Waals surface area contributed by atoms with Gasteiger partial charge in [0.2, 0.25) is 0 Å². The van der Waals surface area contributed by atoms with E-state index >= 15 is 0 Å². The van der Waals surface area contributed by atoms with Gasteiger partial charge in [-0.3, -0.25) is 4.79 Å². The van der Waals surface area contributed by atoms with Gasteiger partial charge in [0.15, 0.2) is 0 Å². The van der Waals surface area contributed by atoms with Crippen LogP contribution in [0.3, 0.4) is 0 Å². The molecule has 0 fully saturated rings. The van der Waals surface area contributed by atoms with E-state index in [0.29, 0.717) is 22.2 Å². The monoisotopic (exact) mass is 268 g/mol. The maximum absolute atomic E-state index is 12.6. The van der Waals surface area contributed by atoms with Gasteiger partial charge in [0, 0.05) is 17.6 Å². The van der Waals surface area contributed by atoms with Gasteiger partial charge in [-0.1, -0.05) is 53.7 Å². The Morgan fingerprint density at radius 3 is 2.50 bits per heavy atom. The fourth-order valence-electron chi connectivity index (χ4n) is 3.19. The maximum atomic E-state index is 12.6. The Labute approximate surface area is 117 Å². The predicted octanol–water partition coefficient (Wildman–Crippen LogP) is 4.71. The first-order valence-electron chi connectivity index (χ1n) is 7.09. The number of Topliss-reactive ketones (excluding diaryl/α,β-unsaturated/α-hetero) is 1. The second kappa shape index (κ2) is 6.27. The van der Waals surface area contributed by atoms with Gasteiger partial charge in [0.1, 0.15) is 5.78 Å². The summed E-state index contributed by atoms with van der Waals surface area (Å²) in [6.45, 7) is 13.2. The summed E-state index contributed by atoms with van der Waals surface area (Å²) in [5.41, 5.74) is 0.119. The van der Waals surface area contributed by atoms with Crippen LogP contribution in [-0.2, 0) is 4.79 Å². The van der Waals surface area contributed by atoms with Gasteiger partial charge in [-0.05, 0) is 23.0 Å². The number of hydrogen-bond donors (Lipinski definition) is 0. The van der Waals surface area contributed by atoms with E-state index in [1.54, 1.807) is 0 Å². The molecule has 3 atom stereocenters.